The Hall–Kier alpha value is -2.58. The van der Waals surface area contributed by atoms with Gasteiger partial charge in [-0.05, 0) is 24.8 Å². The Labute approximate surface area is 168 Å². The minimum absolute atomic E-state index is 0.0106. The molecule has 8 heteroatoms. The fourth-order valence-corrected chi connectivity index (χ4v) is 5.03. The van der Waals surface area contributed by atoms with Crippen LogP contribution in [0.2, 0.25) is 0 Å². The van der Waals surface area contributed by atoms with E-state index in [1.807, 2.05) is 6.07 Å². The summed E-state index contributed by atoms with van der Waals surface area (Å²) in [4.78, 5) is 35.9. The Bertz CT molecular complexity index is 958. The van der Waals surface area contributed by atoms with Gasteiger partial charge in [0.15, 0.2) is 0 Å². The number of nitrogens with one attached hydrogen (secondary N) is 1. The van der Waals surface area contributed by atoms with Gasteiger partial charge in [0.25, 0.3) is 5.56 Å². The van der Waals surface area contributed by atoms with Crippen LogP contribution in [0, 0.1) is 17.8 Å². The molecular formula is C21H25N5O3. The Morgan fingerprint density at radius 3 is 2.76 bits per heavy atom. The third kappa shape index (κ3) is 3.26. The average Bonchev–Trinajstić information content (AvgIpc) is 3.41. The van der Waals surface area contributed by atoms with Crippen molar-refractivity contribution in [1.82, 2.24) is 24.8 Å². The largest absolute Gasteiger partial charge is 0.396 e. The first-order chi connectivity index (χ1) is 14.2. The number of carbonyl (C=O) groups excluding carboxylic acids is 1. The standard InChI is InChI=1S/C21H25N5O3/c27-11-16-15-10-25-17(2-1-3-18(25)28)19(15)26(9-14-6-22-12-23-7-14)20(16)21(29)24-8-13-4-5-13/h1-3,6-7,12-13,15-16,19-20,27H,4-5,8-11H2,(H,24,29)/t15-,16-,19+,20-/m0/s1. The second kappa shape index (κ2) is 7.35. The molecule has 152 valence electrons. The number of amides is 1. The number of fused-ring (bicyclic) bond motifs is 3. The topological polar surface area (TPSA) is 100 Å². The van der Waals surface area contributed by atoms with E-state index >= 15 is 0 Å². The smallest absolute Gasteiger partial charge is 0.250 e. The van der Waals surface area contributed by atoms with Crippen LogP contribution in [-0.2, 0) is 17.9 Å². The van der Waals surface area contributed by atoms with Gasteiger partial charge in [-0.25, -0.2) is 9.97 Å². The van der Waals surface area contributed by atoms with Gasteiger partial charge in [-0.2, -0.15) is 0 Å². The Morgan fingerprint density at radius 1 is 1.24 bits per heavy atom. The maximum absolute atomic E-state index is 13.2. The lowest BCUT2D eigenvalue weighted by molar-refractivity contribution is -0.128. The summed E-state index contributed by atoms with van der Waals surface area (Å²) in [6, 6.07) is 4.75. The van der Waals surface area contributed by atoms with E-state index in [-0.39, 0.29) is 36.0 Å². The van der Waals surface area contributed by atoms with E-state index in [4.69, 9.17) is 0 Å². The van der Waals surface area contributed by atoms with E-state index < -0.39 is 6.04 Å². The molecule has 3 aliphatic rings. The summed E-state index contributed by atoms with van der Waals surface area (Å²) in [5, 5.41) is 13.3. The molecule has 0 radical (unpaired) electrons. The summed E-state index contributed by atoms with van der Waals surface area (Å²) in [5.41, 5.74) is 1.78. The van der Waals surface area contributed by atoms with E-state index in [1.165, 1.54) is 19.2 Å². The number of aliphatic hydroxyl groups excluding tert-OH is 1. The Morgan fingerprint density at radius 2 is 2.03 bits per heavy atom. The molecule has 1 amide bonds. The van der Waals surface area contributed by atoms with Crippen molar-refractivity contribution in [3.8, 4) is 0 Å². The molecule has 2 fully saturated rings. The SMILES string of the molecule is O=C(NCC1CC1)[C@@H]1[C@@H](CO)[C@@H]2Cn3c(cccc3=O)[C@@H]2N1Cc1cncnc1. The summed E-state index contributed by atoms with van der Waals surface area (Å²) < 4.78 is 1.78. The van der Waals surface area contributed by atoms with E-state index in [0.717, 1.165) is 11.3 Å². The summed E-state index contributed by atoms with van der Waals surface area (Å²) in [6.45, 7) is 1.62. The fraction of sp³-hybridized carbons (Fsp3) is 0.524. The number of nitrogens with zero attached hydrogens (tertiary/aromatic N) is 4. The number of rotatable bonds is 6. The molecule has 2 N–H and O–H groups in total. The normalized spacial score (nSPS) is 28.2. The van der Waals surface area contributed by atoms with Crippen LogP contribution >= 0.6 is 0 Å². The number of carbonyl (C=O) groups is 1. The lowest BCUT2D eigenvalue weighted by Crippen LogP contribution is -2.48. The lowest BCUT2D eigenvalue weighted by atomic mass is 9.88. The minimum Gasteiger partial charge on any atom is -0.396 e. The quantitative estimate of drug-likeness (QED) is 0.731. The molecule has 5 rings (SSSR count). The van der Waals surface area contributed by atoms with Gasteiger partial charge < -0.3 is 15.0 Å². The van der Waals surface area contributed by atoms with Gasteiger partial charge >= 0.3 is 0 Å². The van der Waals surface area contributed by atoms with Crippen molar-refractivity contribution < 1.29 is 9.90 Å². The molecule has 4 heterocycles. The predicted octanol–water partition coefficient (Wildman–Crippen LogP) is 0.328. The van der Waals surface area contributed by atoms with Crippen LogP contribution in [0.5, 0.6) is 0 Å². The van der Waals surface area contributed by atoms with Gasteiger partial charge in [0.2, 0.25) is 5.91 Å². The molecule has 0 aromatic carbocycles. The molecular weight excluding hydrogens is 370 g/mol. The van der Waals surface area contributed by atoms with E-state index in [9.17, 15) is 14.7 Å². The monoisotopic (exact) mass is 395 g/mol. The summed E-state index contributed by atoms with van der Waals surface area (Å²) in [5.74, 6) is 0.328. The number of aromatic nitrogens is 3. The zero-order valence-corrected chi connectivity index (χ0v) is 16.1. The maximum atomic E-state index is 13.2. The molecule has 0 unspecified atom stereocenters. The molecule has 1 aliphatic carbocycles. The third-order valence-corrected chi connectivity index (χ3v) is 6.58. The molecule has 1 saturated heterocycles. The van der Waals surface area contributed by atoms with Gasteiger partial charge in [0, 0.05) is 67.8 Å². The molecule has 1 saturated carbocycles. The minimum atomic E-state index is -0.446. The molecule has 0 bridgehead atoms. The second-order valence-electron chi connectivity index (χ2n) is 8.41. The molecule has 0 spiro atoms. The maximum Gasteiger partial charge on any atom is 0.250 e. The lowest BCUT2D eigenvalue weighted by Gasteiger charge is -2.30. The van der Waals surface area contributed by atoms with Gasteiger partial charge in [0.05, 0.1) is 12.1 Å². The highest BCUT2D eigenvalue weighted by Gasteiger charge is 2.55. The predicted molar refractivity (Wildman–Crippen MR) is 105 cm³/mol. The van der Waals surface area contributed by atoms with Crippen molar-refractivity contribution in [2.24, 2.45) is 17.8 Å². The van der Waals surface area contributed by atoms with Crippen molar-refractivity contribution in [3.63, 3.8) is 0 Å². The van der Waals surface area contributed by atoms with Crippen LogP contribution in [-0.4, -0.2) is 49.6 Å². The van der Waals surface area contributed by atoms with E-state index in [2.05, 4.69) is 20.2 Å². The molecule has 2 aliphatic heterocycles. The number of pyridine rings is 1. The van der Waals surface area contributed by atoms with Crippen molar-refractivity contribution in [2.45, 2.75) is 38.0 Å². The first-order valence-electron chi connectivity index (χ1n) is 10.3. The fourth-order valence-electron chi connectivity index (χ4n) is 5.03. The molecule has 29 heavy (non-hydrogen) atoms. The van der Waals surface area contributed by atoms with Crippen LogP contribution in [0.1, 0.15) is 30.1 Å². The Kier molecular flexibility index (Phi) is 4.67. The molecule has 4 atom stereocenters. The highest BCUT2D eigenvalue weighted by atomic mass is 16.3. The summed E-state index contributed by atoms with van der Waals surface area (Å²) in [7, 11) is 0. The van der Waals surface area contributed by atoms with Gasteiger partial charge in [-0.3, -0.25) is 14.5 Å². The van der Waals surface area contributed by atoms with Crippen LogP contribution in [0.25, 0.3) is 0 Å². The second-order valence-corrected chi connectivity index (χ2v) is 8.41. The summed E-state index contributed by atoms with van der Waals surface area (Å²) in [6.07, 6.45) is 7.32. The highest BCUT2D eigenvalue weighted by Crippen LogP contribution is 2.49. The highest BCUT2D eigenvalue weighted by molar-refractivity contribution is 5.82. The van der Waals surface area contributed by atoms with Crippen molar-refractivity contribution in [3.05, 3.63) is 58.5 Å². The number of likely N-dealkylation sites (tertiary alicyclic amines) is 1. The Balaban J connectivity index is 1.52. The van der Waals surface area contributed by atoms with Gasteiger partial charge in [0.1, 0.15) is 6.33 Å². The molecule has 2 aromatic rings. The van der Waals surface area contributed by atoms with Crippen LogP contribution in [0.15, 0.2) is 41.7 Å². The van der Waals surface area contributed by atoms with Crippen LogP contribution in [0.4, 0.5) is 0 Å². The zero-order valence-electron chi connectivity index (χ0n) is 16.1. The molecule has 8 nitrogen and oxygen atoms in total. The van der Waals surface area contributed by atoms with E-state index in [1.54, 1.807) is 29.1 Å². The van der Waals surface area contributed by atoms with E-state index in [0.29, 0.717) is 25.6 Å². The number of aliphatic hydroxyl groups is 1. The average molecular weight is 395 g/mol. The first-order valence-corrected chi connectivity index (χ1v) is 10.3. The van der Waals surface area contributed by atoms with Crippen molar-refractivity contribution >= 4 is 5.91 Å². The molecule has 2 aromatic heterocycles. The summed E-state index contributed by atoms with van der Waals surface area (Å²) >= 11 is 0. The van der Waals surface area contributed by atoms with Crippen LogP contribution in [0.3, 0.4) is 0 Å². The number of hydrogen-bond acceptors (Lipinski definition) is 6. The van der Waals surface area contributed by atoms with Crippen LogP contribution < -0.4 is 10.9 Å². The van der Waals surface area contributed by atoms with Crippen molar-refractivity contribution in [2.75, 3.05) is 13.2 Å². The first kappa shape index (κ1) is 18.4. The van der Waals surface area contributed by atoms with Crippen molar-refractivity contribution in [1.29, 1.82) is 0 Å². The third-order valence-electron chi connectivity index (χ3n) is 6.58. The zero-order chi connectivity index (χ0) is 20.0. The van der Waals surface area contributed by atoms with Gasteiger partial charge in [-0.15, -0.1) is 0 Å². The number of hydrogen-bond donors (Lipinski definition) is 2. The van der Waals surface area contributed by atoms with Gasteiger partial charge in [-0.1, -0.05) is 6.07 Å².